The molecule has 28 heavy (non-hydrogen) atoms. The number of alkyl halides is 2. The van der Waals surface area contributed by atoms with Crippen LogP contribution in [0.1, 0.15) is 48.8 Å². The lowest BCUT2D eigenvalue weighted by Gasteiger charge is -2.15. The number of esters is 1. The Bertz CT molecular complexity index is 953. The molecule has 7 nitrogen and oxygen atoms in total. The zero-order valence-electron chi connectivity index (χ0n) is 15.1. The molecule has 1 atom stereocenters. The van der Waals surface area contributed by atoms with Crippen LogP contribution in [-0.4, -0.2) is 28.0 Å². The number of nitrogens with zero attached hydrogens (tertiary/aromatic N) is 2. The highest BCUT2D eigenvalue weighted by atomic mass is 19.3. The van der Waals surface area contributed by atoms with Gasteiger partial charge in [0.25, 0.3) is 5.91 Å². The molecule has 1 amide bonds. The van der Waals surface area contributed by atoms with Crippen molar-refractivity contribution >= 4 is 22.9 Å². The molecular formula is C19H19F2N3O4. The van der Waals surface area contributed by atoms with Gasteiger partial charge in [-0.25, -0.2) is 4.98 Å². The summed E-state index contributed by atoms with van der Waals surface area (Å²) in [4.78, 5) is 27.9. The molecule has 0 radical (unpaired) electrons. The first-order valence-electron chi connectivity index (χ1n) is 8.73. The Morgan fingerprint density at radius 1 is 1.25 bits per heavy atom. The first-order valence-corrected chi connectivity index (χ1v) is 8.73. The molecule has 1 unspecified atom stereocenters. The van der Waals surface area contributed by atoms with E-state index in [4.69, 9.17) is 9.15 Å². The van der Waals surface area contributed by atoms with Gasteiger partial charge in [-0.05, 0) is 37.6 Å². The molecule has 2 aromatic heterocycles. The van der Waals surface area contributed by atoms with Crippen molar-refractivity contribution in [3.8, 4) is 0 Å². The fourth-order valence-electron chi connectivity index (χ4n) is 2.79. The molecule has 0 aliphatic rings. The van der Waals surface area contributed by atoms with Crippen molar-refractivity contribution < 1.29 is 27.5 Å². The van der Waals surface area contributed by atoms with Gasteiger partial charge in [-0.1, -0.05) is 12.1 Å². The summed E-state index contributed by atoms with van der Waals surface area (Å²) < 4.78 is 37.9. The van der Waals surface area contributed by atoms with Gasteiger partial charge in [-0.3, -0.25) is 14.2 Å². The topological polar surface area (TPSA) is 86.4 Å². The summed E-state index contributed by atoms with van der Waals surface area (Å²) in [6, 6.07) is 9.62. The van der Waals surface area contributed by atoms with Crippen molar-refractivity contribution in [1.82, 2.24) is 14.9 Å². The van der Waals surface area contributed by atoms with Gasteiger partial charge in [0.1, 0.15) is 0 Å². The van der Waals surface area contributed by atoms with Crippen LogP contribution in [0.15, 0.2) is 47.1 Å². The summed E-state index contributed by atoms with van der Waals surface area (Å²) in [5.41, 5.74) is 0.678. The lowest BCUT2D eigenvalue weighted by atomic mass is 10.3. The van der Waals surface area contributed by atoms with E-state index in [1.165, 1.54) is 25.3 Å². The molecule has 0 aliphatic heterocycles. The van der Waals surface area contributed by atoms with E-state index in [9.17, 15) is 18.4 Å². The molecule has 0 fully saturated rings. The van der Waals surface area contributed by atoms with E-state index in [2.05, 4.69) is 10.3 Å². The van der Waals surface area contributed by atoms with Crippen molar-refractivity contribution in [1.29, 1.82) is 0 Å². The molecule has 3 rings (SSSR count). The lowest BCUT2D eigenvalue weighted by molar-refractivity contribution is -0.149. The van der Waals surface area contributed by atoms with E-state index in [0.29, 0.717) is 11.9 Å². The minimum atomic E-state index is -2.81. The quantitative estimate of drug-likeness (QED) is 0.466. The molecule has 3 aromatic rings. The predicted molar refractivity (Wildman–Crippen MR) is 95.8 cm³/mol. The number of carbonyl (C=O) groups excluding carboxylic acids is 2. The average molecular weight is 391 g/mol. The molecule has 0 saturated carbocycles. The summed E-state index contributed by atoms with van der Waals surface area (Å²) in [7, 11) is 0. The van der Waals surface area contributed by atoms with Crippen molar-refractivity contribution in [2.45, 2.75) is 32.4 Å². The summed E-state index contributed by atoms with van der Waals surface area (Å²) in [5.74, 6) is -0.775. The summed E-state index contributed by atoms with van der Waals surface area (Å²) in [6.45, 7) is -1.06. The summed E-state index contributed by atoms with van der Waals surface area (Å²) in [5, 5.41) is 2.61. The van der Waals surface area contributed by atoms with Crippen LogP contribution in [0, 0.1) is 0 Å². The molecular weight excluding hydrogens is 372 g/mol. The fraction of sp³-hybridized carbons (Fsp3) is 0.316. The van der Waals surface area contributed by atoms with Gasteiger partial charge in [0.2, 0.25) is 0 Å². The number of fused-ring (bicyclic) bond motifs is 1. The van der Waals surface area contributed by atoms with Crippen LogP contribution in [0.4, 0.5) is 8.78 Å². The van der Waals surface area contributed by atoms with Crippen LogP contribution in [-0.2, 0) is 9.53 Å². The Morgan fingerprint density at radius 2 is 2.04 bits per heavy atom. The standard InChI is InChI=1S/C19H19F2N3O4/c1-12(17-23-13-6-2-3-7-14(13)24(17)19(20)21)28-16(25)9-4-10-22-18(26)15-8-5-11-27-15/h2-3,5-8,11-12,19H,4,9-10H2,1H3,(H,22,26). The van der Waals surface area contributed by atoms with Gasteiger partial charge in [0.15, 0.2) is 17.7 Å². The predicted octanol–water partition coefficient (Wildman–Crippen LogP) is 3.84. The Balaban J connectivity index is 1.54. The van der Waals surface area contributed by atoms with Crippen LogP contribution in [0.2, 0.25) is 0 Å². The molecule has 0 aliphatic carbocycles. The number of hydrogen-bond acceptors (Lipinski definition) is 5. The Hall–Kier alpha value is -3.23. The number of halogens is 2. The number of ether oxygens (including phenoxy) is 1. The molecule has 0 spiro atoms. The minimum Gasteiger partial charge on any atom is -0.459 e. The third-order valence-corrected chi connectivity index (χ3v) is 4.08. The zero-order valence-corrected chi connectivity index (χ0v) is 15.1. The van der Waals surface area contributed by atoms with Crippen LogP contribution in [0.25, 0.3) is 11.0 Å². The number of aromatic nitrogens is 2. The maximum atomic E-state index is 13.5. The highest BCUT2D eigenvalue weighted by molar-refractivity contribution is 5.91. The number of benzene rings is 1. The van der Waals surface area contributed by atoms with E-state index >= 15 is 0 Å². The molecule has 148 valence electrons. The van der Waals surface area contributed by atoms with Crippen molar-refractivity contribution in [2.75, 3.05) is 6.54 Å². The first kappa shape index (κ1) is 19.5. The normalized spacial score (nSPS) is 12.3. The number of furan rings is 1. The van der Waals surface area contributed by atoms with E-state index < -0.39 is 18.6 Å². The third-order valence-electron chi connectivity index (χ3n) is 4.08. The second-order valence-corrected chi connectivity index (χ2v) is 6.08. The Morgan fingerprint density at radius 3 is 2.75 bits per heavy atom. The van der Waals surface area contributed by atoms with Crippen molar-refractivity contribution in [3.05, 3.63) is 54.2 Å². The van der Waals surface area contributed by atoms with E-state index in [1.54, 1.807) is 24.3 Å². The second-order valence-electron chi connectivity index (χ2n) is 6.08. The van der Waals surface area contributed by atoms with E-state index in [1.807, 2.05) is 0 Å². The van der Waals surface area contributed by atoms with Gasteiger partial charge >= 0.3 is 12.5 Å². The van der Waals surface area contributed by atoms with Crippen LogP contribution < -0.4 is 5.32 Å². The van der Waals surface area contributed by atoms with Gasteiger partial charge < -0.3 is 14.5 Å². The molecule has 1 aromatic carbocycles. The van der Waals surface area contributed by atoms with Crippen LogP contribution >= 0.6 is 0 Å². The number of amides is 1. The summed E-state index contributed by atoms with van der Waals surface area (Å²) >= 11 is 0. The number of carbonyl (C=O) groups is 2. The van der Waals surface area contributed by atoms with Gasteiger partial charge in [-0.2, -0.15) is 8.78 Å². The smallest absolute Gasteiger partial charge is 0.320 e. The van der Waals surface area contributed by atoms with Gasteiger partial charge in [0, 0.05) is 13.0 Å². The molecule has 0 saturated heterocycles. The fourth-order valence-corrected chi connectivity index (χ4v) is 2.79. The highest BCUT2D eigenvalue weighted by Gasteiger charge is 2.24. The number of nitrogens with one attached hydrogen (secondary N) is 1. The molecule has 0 bridgehead atoms. The van der Waals surface area contributed by atoms with Crippen molar-refractivity contribution in [3.63, 3.8) is 0 Å². The maximum Gasteiger partial charge on any atom is 0.320 e. The monoisotopic (exact) mass is 391 g/mol. The highest BCUT2D eigenvalue weighted by Crippen LogP contribution is 2.28. The number of para-hydroxylation sites is 2. The minimum absolute atomic E-state index is 0.0179. The zero-order chi connectivity index (χ0) is 20.1. The molecule has 9 heteroatoms. The third kappa shape index (κ3) is 4.36. The largest absolute Gasteiger partial charge is 0.459 e. The van der Waals surface area contributed by atoms with E-state index in [-0.39, 0.29) is 36.0 Å². The first-order chi connectivity index (χ1) is 13.5. The van der Waals surface area contributed by atoms with Crippen LogP contribution in [0.3, 0.4) is 0 Å². The second kappa shape index (κ2) is 8.64. The molecule has 2 heterocycles. The maximum absolute atomic E-state index is 13.5. The van der Waals surface area contributed by atoms with Gasteiger partial charge in [-0.15, -0.1) is 0 Å². The van der Waals surface area contributed by atoms with Gasteiger partial charge in [0.05, 0.1) is 17.3 Å². The van der Waals surface area contributed by atoms with Crippen LogP contribution in [0.5, 0.6) is 0 Å². The summed E-state index contributed by atoms with van der Waals surface area (Å²) in [6.07, 6.45) is 0.813. The Labute approximate surface area is 159 Å². The SMILES string of the molecule is CC(OC(=O)CCCNC(=O)c1ccco1)c1nc2ccccc2n1C(F)F. The Kier molecular flexibility index (Phi) is 6.03. The number of rotatable bonds is 8. The van der Waals surface area contributed by atoms with Crippen molar-refractivity contribution in [2.24, 2.45) is 0 Å². The molecule has 1 N–H and O–H groups in total. The average Bonchev–Trinajstić information content (AvgIpc) is 3.32. The van der Waals surface area contributed by atoms with E-state index in [0.717, 1.165) is 4.57 Å². The lowest BCUT2D eigenvalue weighted by Crippen LogP contribution is -2.24. The number of hydrogen-bond donors (Lipinski definition) is 1. The number of imidazole rings is 1.